The molecule has 2 saturated heterocycles. The number of ether oxygens (including phenoxy) is 2. The number of hydrogen-bond acceptors (Lipinski definition) is 12. The smallest absolute Gasteiger partial charge is 0.237 e. The number of hydrogen-bond donors (Lipinski definition) is 6. The SMILES string of the molecule is CC(C)(C)NN=C1/C(=N\NC(C)(C)C)C(=N)O[C@@H]1c1ccc([C@@H]2OC(=N)C(=N/NC(C)(C)C)/C2=N/NC(C)(C)C)cc1. The van der Waals surface area contributed by atoms with Gasteiger partial charge in [0.1, 0.15) is 11.4 Å². The zero-order valence-electron chi connectivity index (χ0n) is 27.1. The van der Waals surface area contributed by atoms with Gasteiger partial charge >= 0.3 is 0 Å². The van der Waals surface area contributed by atoms with Gasteiger partial charge in [-0.2, -0.15) is 20.4 Å². The Balaban J connectivity index is 1.98. The Morgan fingerprint density at radius 3 is 1.02 bits per heavy atom. The minimum atomic E-state index is -0.631. The van der Waals surface area contributed by atoms with Crippen molar-refractivity contribution < 1.29 is 9.47 Å². The normalized spacial score (nSPS) is 23.9. The van der Waals surface area contributed by atoms with Gasteiger partial charge in [0, 0.05) is 22.2 Å². The van der Waals surface area contributed by atoms with Crippen LogP contribution in [0.15, 0.2) is 44.7 Å². The van der Waals surface area contributed by atoms with Crippen molar-refractivity contribution >= 4 is 34.6 Å². The van der Waals surface area contributed by atoms with Crippen LogP contribution in [0.25, 0.3) is 0 Å². The molecule has 1 aromatic rings. The fourth-order valence-electron chi connectivity index (χ4n) is 3.58. The summed E-state index contributed by atoms with van der Waals surface area (Å²) in [5, 5.41) is 35.2. The predicted octanol–water partition coefficient (Wildman–Crippen LogP) is 4.76. The minimum absolute atomic E-state index is 0.0577. The zero-order valence-corrected chi connectivity index (χ0v) is 27.1. The lowest BCUT2D eigenvalue weighted by atomic mass is 9.98. The van der Waals surface area contributed by atoms with Crippen LogP contribution < -0.4 is 21.7 Å². The molecule has 2 fully saturated rings. The second-order valence-corrected chi connectivity index (χ2v) is 14.7. The van der Waals surface area contributed by atoms with E-state index in [1.54, 1.807) is 0 Å². The number of rotatable bonds is 6. The van der Waals surface area contributed by atoms with E-state index in [2.05, 4.69) is 42.1 Å². The first kappa shape index (κ1) is 32.6. The highest BCUT2D eigenvalue weighted by Gasteiger charge is 2.40. The molecule has 0 spiro atoms. The highest BCUT2D eigenvalue weighted by atomic mass is 16.5. The van der Waals surface area contributed by atoms with Gasteiger partial charge < -0.3 is 31.2 Å². The maximum absolute atomic E-state index is 8.50. The maximum Gasteiger partial charge on any atom is 0.237 e. The molecule has 2 aliphatic heterocycles. The van der Waals surface area contributed by atoms with Crippen LogP contribution in [0, 0.1) is 10.8 Å². The summed E-state index contributed by atoms with van der Waals surface area (Å²) in [5.74, 6) is -0.115. The second-order valence-electron chi connectivity index (χ2n) is 14.7. The van der Waals surface area contributed by atoms with Gasteiger partial charge in [0.25, 0.3) is 0 Å². The minimum Gasteiger partial charge on any atom is -0.461 e. The average molecular weight is 581 g/mol. The maximum atomic E-state index is 8.50. The molecular weight excluding hydrogens is 532 g/mol. The fraction of sp³-hybridized carbons (Fsp3) is 0.600. The van der Waals surface area contributed by atoms with Gasteiger partial charge in [0.2, 0.25) is 11.8 Å². The molecule has 0 bridgehead atoms. The molecule has 12 heteroatoms. The Morgan fingerprint density at radius 1 is 0.500 bits per heavy atom. The molecule has 3 rings (SSSR count). The Morgan fingerprint density at radius 2 is 0.762 bits per heavy atom. The number of nitrogens with one attached hydrogen (secondary N) is 6. The van der Waals surface area contributed by atoms with E-state index < -0.39 is 12.2 Å². The first-order valence-electron chi connectivity index (χ1n) is 14.1. The largest absolute Gasteiger partial charge is 0.461 e. The van der Waals surface area contributed by atoms with Crippen molar-refractivity contribution in [2.24, 2.45) is 20.4 Å². The molecule has 12 nitrogen and oxygen atoms in total. The standard InChI is InChI=1S/C30H48N10O2/c1-27(2,3)37-33-19-21(35-39-29(7,8)9)25(31)41-23(19)17-13-15-18(16-14-17)24-20(34-38-28(4,5)6)22(26(32)42-24)36-40-30(10,11)12/h13-16,23-24,31-32,37-40H,1-12H3/b31-25?,32-26?,33-19-,34-20?,35-21+,36-22+/t23-,24+/m0/s1. The first-order chi connectivity index (χ1) is 19.1. The van der Waals surface area contributed by atoms with E-state index >= 15 is 0 Å². The van der Waals surface area contributed by atoms with Crippen LogP contribution in [0.4, 0.5) is 0 Å². The van der Waals surface area contributed by atoms with Crippen molar-refractivity contribution in [3.8, 4) is 0 Å². The van der Waals surface area contributed by atoms with Gasteiger partial charge in [-0.1, -0.05) is 24.3 Å². The van der Waals surface area contributed by atoms with Gasteiger partial charge in [-0.05, 0) is 94.2 Å². The topological polar surface area (TPSA) is 164 Å². The number of nitrogens with zero attached hydrogens (tertiary/aromatic N) is 4. The monoisotopic (exact) mass is 580 g/mol. The molecule has 230 valence electrons. The van der Waals surface area contributed by atoms with Crippen molar-refractivity contribution in [1.29, 1.82) is 10.8 Å². The molecular formula is C30H48N10O2. The third-order valence-corrected chi connectivity index (χ3v) is 5.46. The molecule has 1 aromatic carbocycles. The van der Waals surface area contributed by atoms with Gasteiger partial charge in [0.05, 0.1) is 0 Å². The molecule has 0 saturated carbocycles. The molecule has 0 aliphatic carbocycles. The van der Waals surface area contributed by atoms with Crippen LogP contribution in [0.5, 0.6) is 0 Å². The summed E-state index contributed by atoms with van der Waals surface area (Å²) >= 11 is 0. The molecule has 0 aromatic heterocycles. The van der Waals surface area contributed by atoms with Crippen molar-refractivity contribution in [1.82, 2.24) is 21.7 Å². The van der Waals surface area contributed by atoms with E-state index in [4.69, 9.17) is 20.3 Å². The summed E-state index contributed by atoms with van der Waals surface area (Å²) in [6, 6.07) is 7.63. The molecule has 6 N–H and O–H groups in total. The van der Waals surface area contributed by atoms with E-state index in [0.29, 0.717) is 22.8 Å². The van der Waals surface area contributed by atoms with Gasteiger partial charge in [-0.15, -0.1) is 0 Å². The summed E-state index contributed by atoms with van der Waals surface area (Å²) in [6.07, 6.45) is -1.26. The third kappa shape index (κ3) is 9.02. The highest BCUT2D eigenvalue weighted by Crippen LogP contribution is 2.31. The summed E-state index contributed by atoms with van der Waals surface area (Å²) < 4.78 is 12.0. The third-order valence-electron chi connectivity index (χ3n) is 5.46. The summed E-state index contributed by atoms with van der Waals surface area (Å²) in [6.45, 7) is 24.0. The Bertz CT molecular complexity index is 1200. The Kier molecular flexibility index (Phi) is 9.09. The van der Waals surface area contributed by atoms with Crippen LogP contribution in [-0.4, -0.2) is 56.8 Å². The quantitative estimate of drug-likeness (QED) is 0.266. The van der Waals surface area contributed by atoms with E-state index in [1.165, 1.54) is 0 Å². The molecule has 0 amide bonds. The summed E-state index contributed by atoms with van der Waals surface area (Å²) in [5.41, 5.74) is 14.6. The van der Waals surface area contributed by atoms with Gasteiger partial charge in [-0.25, -0.2) is 0 Å². The Labute approximate surface area is 249 Å². The number of hydrazone groups is 4. The van der Waals surface area contributed by atoms with E-state index in [1.807, 2.05) is 107 Å². The van der Waals surface area contributed by atoms with E-state index in [9.17, 15) is 0 Å². The molecule has 2 aliphatic rings. The summed E-state index contributed by atoms with van der Waals surface area (Å²) in [4.78, 5) is 0. The van der Waals surface area contributed by atoms with Crippen molar-refractivity contribution in [3.05, 3.63) is 35.4 Å². The van der Waals surface area contributed by atoms with Crippen LogP contribution in [0.1, 0.15) is 106 Å². The highest BCUT2D eigenvalue weighted by molar-refractivity contribution is 6.70. The number of benzene rings is 1. The molecule has 0 radical (unpaired) electrons. The average Bonchev–Trinajstić information content (AvgIpc) is 3.32. The van der Waals surface area contributed by atoms with E-state index in [-0.39, 0.29) is 34.0 Å². The predicted molar refractivity (Wildman–Crippen MR) is 171 cm³/mol. The first-order valence-corrected chi connectivity index (χ1v) is 14.1. The second kappa shape index (κ2) is 11.7. The lowest BCUT2D eigenvalue weighted by Gasteiger charge is -2.21. The van der Waals surface area contributed by atoms with Gasteiger partial charge in [0.15, 0.2) is 23.6 Å². The lowest BCUT2D eigenvalue weighted by molar-refractivity contribution is 0.269. The van der Waals surface area contributed by atoms with Crippen LogP contribution in [0.3, 0.4) is 0 Å². The Hall–Kier alpha value is -3.96. The lowest BCUT2D eigenvalue weighted by Crippen LogP contribution is -2.36. The zero-order chi connectivity index (χ0) is 31.7. The molecule has 42 heavy (non-hydrogen) atoms. The molecule has 0 unspecified atom stereocenters. The van der Waals surface area contributed by atoms with Crippen LogP contribution in [-0.2, 0) is 9.47 Å². The van der Waals surface area contributed by atoms with E-state index in [0.717, 1.165) is 11.1 Å². The van der Waals surface area contributed by atoms with Crippen LogP contribution in [0.2, 0.25) is 0 Å². The van der Waals surface area contributed by atoms with Crippen molar-refractivity contribution in [2.45, 2.75) is 117 Å². The fourth-order valence-corrected chi connectivity index (χ4v) is 3.58. The molecule has 2 heterocycles. The van der Waals surface area contributed by atoms with Gasteiger partial charge in [-0.3, -0.25) is 10.8 Å². The van der Waals surface area contributed by atoms with Crippen molar-refractivity contribution in [2.75, 3.05) is 0 Å². The van der Waals surface area contributed by atoms with Crippen LogP contribution >= 0.6 is 0 Å². The summed E-state index contributed by atoms with van der Waals surface area (Å²) in [7, 11) is 0. The molecule has 2 atom stereocenters. The van der Waals surface area contributed by atoms with Crippen molar-refractivity contribution in [3.63, 3.8) is 0 Å².